The Morgan fingerprint density at radius 1 is 1.40 bits per heavy atom. The minimum absolute atomic E-state index is 0.132. The largest absolute Gasteiger partial charge is 0.462 e. The Morgan fingerprint density at radius 2 is 2.20 bits per heavy atom. The van der Waals surface area contributed by atoms with Gasteiger partial charge in [-0.2, -0.15) is 11.8 Å². The summed E-state index contributed by atoms with van der Waals surface area (Å²) in [5, 5.41) is 0.728. The molecule has 1 aliphatic heterocycles. The minimum atomic E-state index is -0.132. The summed E-state index contributed by atoms with van der Waals surface area (Å²) in [6, 6.07) is 0. The van der Waals surface area contributed by atoms with Crippen LogP contribution >= 0.6 is 11.8 Å². The average Bonchev–Trinajstić information content (AvgIpc) is 2.59. The zero-order valence-corrected chi connectivity index (χ0v) is 10.6. The third-order valence-electron chi connectivity index (χ3n) is 2.76. The summed E-state index contributed by atoms with van der Waals surface area (Å²) in [5.41, 5.74) is 0. The van der Waals surface area contributed by atoms with E-state index in [0.717, 1.165) is 17.4 Å². The van der Waals surface area contributed by atoms with Crippen molar-refractivity contribution in [1.82, 2.24) is 0 Å². The Labute approximate surface area is 97.1 Å². The molecule has 88 valence electrons. The average molecular weight is 230 g/mol. The van der Waals surface area contributed by atoms with E-state index in [1.165, 1.54) is 39.0 Å². The first-order valence-electron chi connectivity index (χ1n) is 6.01. The Balaban J connectivity index is 2.05. The first kappa shape index (κ1) is 12.9. The molecule has 0 unspecified atom stereocenters. The van der Waals surface area contributed by atoms with Gasteiger partial charge in [0.1, 0.15) is 6.10 Å². The molecule has 0 amide bonds. The van der Waals surface area contributed by atoms with Crippen molar-refractivity contribution in [1.29, 1.82) is 0 Å². The van der Waals surface area contributed by atoms with Crippen molar-refractivity contribution in [3.8, 4) is 0 Å². The molecule has 1 heterocycles. The van der Waals surface area contributed by atoms with Gasteiger partial charge in [0, 0.05) is 17.9 Å². The lowest BCUT2D eigenvalue weighted by molar-refractivity contribution is -0.145. The Hall–Kier alpha value is -0.180. The fourth-order valence-electron chi connectivity index (χ4n) is 1.99. The van der Waals surface area contributed by atoms with Crippen molar-refractivity contribution in [3.63, 3.8) is 0 Å². The third-order valence-corrected chi connectivity index (χ3v) is 4.22. The maximum absolute atomic E-state index is 10.8. The van der Waals surface area contributed by atoms with E-state index in [-0.39, 0.29) is 12.1 Å². The van der Waals surface area contributed by atoms with Crippen LogP contribution in [-0.4, -0.2) is 23.1 Å². The van der Waals surface area contributed by atoms with Gasteiger partial charge in [-0.3, -0.25) is 4.79 Å². The number of thioether (sulfide) groups is 1. The summed E-state index contributed by atoms with van der Waals surface area (Å²) in [6.45, 7) is 3.74. The predicted molar refractivity (Wildman–Crippen MR) is 65.2 cm³/mol. The van der Waals surface area contributed by atoms with Crippen LogP contribution in [0.3, 0.4) is 0 Å². The molecule has 0 aliphatic carbocycles. The van der Waals surface area contributed by atoms with Gasteiger partial charge in [-0.1, -0.05) is 32.6 Å². The molecule has 15 heavy (non-hydrogen) atoms. The summed E-state index contributed by atoms with van der Waals surface area (Å²) in [4.78, 5) is 10.8. The quantitative estimate of drug-likeness (QED) is 0.517. The SMILES string of the molecule is CCCCCC[C@H]1C[C@H](OC(C)=O)CS1. The predicted octanol–water partition coefficient (Wildman–Crippen LogP) is 3.39. The molecule has 0 radical (unpaired) electrons. The van der Waals surface area contributed by atoms with Crippen molar-refractivity contribution < 1.29 is 9.53 Å². The van der Waals surface area contributed by atoms with E-state index in [9.17, 15) is 4.79 Å². The van der Waals surface area contributed by atoms with Gasteiger partial charge in [0.15, 0.2) is 0 Å². The molecule has 0 spiro atoms. The lowest BCUT2D eigenvalue weighted by Gasteiger charge is -2.10. The molecule has 1 rings (SSSR count). The number of unbranched alkanes of at least 4 members (excludes halogenated alkanes) is 3. The van der Waals surface area contributed by atoms with Gasteiger partial charge in [0.2, 0.25) is 0 Å². The normalized spacial score (nSPS) is 25.5. The zero-order valence-electron chi connectivity index (χ0n) is 9.83. The molecule has 1 saturated heterocycles. The topological polar surface area (TPSA) is 26.3 Å². The molecule has 0 bridgehead atoms. The lowest BCUT2D eigenvalue weighted by Crippen LogP contribution is -2.15. The van der Waals surface area contributed by atoms with Crippen LogP contribution in [0.5, 0.6) is 0 Å². The zero-order chi connectivity index (χ0) is 11.1. The maximum Gasteiger partial charge on any atom is 0.302 e. The lowest BCUT2D eigenvalue weighted by atomic mass is 10.1. The van der Waals surface area contributed by atoms with E-state index in [2.05, 4.69) is 6.92 Å². The Morgan fingerprint density at radius 3 is 2.87 bits per heavy atom. The molecule has 0 N–H and O–H groups in total. The summed E-state index contributed by atoms with van der Waals surface area (Å²) < 4.78 is 5.21. The maximum atomic E-state index is 10.8. The van der Waals surface area contributed by atoms with Gasteiger partial charge >= 0.3 is 5.97 Å². The van der Waals surface area contributed by atoms with E-state index >= 15 is 0 Å². The highest BCUT2D eigenvalue weighted by Crippen LogP contribution is 2.32. The molecule has 2 nitrogen and oxygen atoms in total. The highest BCUT2D eigenvalue weighted by molar-refractivity contribution is 8.00. The van der Waals surface area contributed by atoms with Crippen LogP contribution in [0.15, 0.2) is 0 Å². The standard InChI is InChI=1S/C12H22O2S/c1-3-4-5-6-7-12-8-11(9-15-12)14-10(2)13/h11-12H,3-9H2,1-2H3/t11-,12-/m0/s1. The molecule has 3 heteroatoms. The molecule has 1 aliphatic rings. The number of ether oxygens (including phenoxy) is 1. The highest BCUT2D eigenvalue weighted by Gasteiger charge is 2.26. The molecule has 0 saturated carbocycles. The van der Waals surface area contributed by atoms with Crippen LogP contribution in [0.25, 0.3) is 0 Å². The molecular formula is C12H22O2S. The third kappa shape index (κ3) is 5.45. The Bertz CT molecular complexity index is 194. The van der Waals surface area contributed by atoms with Gasteiger partial charge in [-0.05, 0) is 12.8 Å². The number of rotatable bonds is 6. The molecular weight excluding hydrogens is 208 g/mol. The summed E-state index contributed by atoms with van der Waals surface area (Å²) in [7, 11) is 0. The van der Waals surface area contributed by atoms with Gasteiger partial charge in [0.05, 0.1) is 0 Å². The minimum Gasteiger partial charge on any atom is -0.462 e. The number of carbonyl (C=O) groups excluding carboxylic acids is 1. The van der Waals surface area contributed by atoms with Crippen molar-refractivity contribution >= 4 is 17.7 Å². The Kier molecular flexibility index (Phi) is 6.15. The van der Waals surface area contributed by atoms with Gasteiger partial charge in [-0.15, -0.1) is 0 Å². The molecule has 2 atom stereocenters. The monoisotopic (exact) mass is 230 g/mol. The first-order valence-corrected chi connectivity index (χ1v) is 7.06. The molecule has 1 fully saturated rings. The van der Waals surface area contributed by atoms with Crippen molar-refractivity contribution in [2.75, 3.05) is 5.75 Å². The van der Waals surface area contributed by atoms with Gasteiger partial charge in [0.25, 0.3) is 0 Å². The van der Waals surface area contributed by atoms with E-state index in [1.54, 1.807) is 0 Å². The second kappa shape index (κ2) is 7.15. The fourth-order valence-corrected chi connectivity index (χ4v) is 3.36. The summed E-state index contributed by atoms with van der Waals surface area (Å²) in [5.74, 6) is 0.866. The van der Waals surface area contributed by atoms with E-state index in [0.29, 0.717) is 0 Å². The van der Waals surface area contributed by atoms with Gasteiger partial charge < -0.3 is 4.74 Å². The van der Waals surface area contributed by atoms with E-state index in [1.807, 2.05) is 11.8 Å². The van der Waals surface area contributed by atoms with Crippen molar-refractivity contribution in [3.05, 3.63) is 0 Å². The summed E-state index contributed by atoms with van der Waals surface area (Å²) >= 11 is 1.97. The number of hydrogen-bond donors (Lipinski definition) is 0. The fraction of sp³-hybridized carbons (Fsp3) is 0.917. The first-order chi connectivity index (χ1) is 7.22. The number of carbonyl (C=O) groups is 1. The van der Waals surface area contributed by atoms with Crippen molar-refractivity contribution in [2.45, 2.75) is 63.7 Å². The second-order valence-corrected chi connectivity index (χ2v) is 5.61. The second-order valence-electron chi connectivity index (χ2n) is 4.27. The molecule has 0 aromatic heterocycles. The molecule has 0 aromatic carbocycles. The van der Waals surface area contributed by atoms with Crippen LogP contribution in [0, 0.1) is 0 Å². The smallest absolute Gasteiger partial charge is 0.302 e. The van der Waals surface area contributed by atoms with Crippen LogP contribution in [0.1, 0.15) is 52.4 Å². The summed E-state index contributed by atoms with van der Waals surface area (Å²) in [6.07, 6.45) is 7.88. The van der Waals surface area contributed by atoms with E-state index < -0.39 is 0 Å². The highest BCUT2D eigenvalue weighted by atomic mass is 32.2. The van der Waals surface area contributed by atoms with Crippen LogP contribution in [-0.2, 0) is 9.53 Å². The number of hydrogen-bond acceptors (Lipinski definition) is 3. The van der Waals surface area contributed by atoms with Crippen LogP contribution in [0.2, 0.25) is 0 Å². The van der Waals surface area contributed by atoms with Gasteiger partial charge in [-0.25, -0.2) is 0 Å². The van der Waals surface area contributed by atoms with Crippen LogP contribution in [0.4, 0.5) is 0 Å². The van der Waals surface area contributed by atoms with Crippen molar-refractivity contribution in [2.24, 2.45) is 0 Å². The van der Waals surface area contributed by atoms with E-state index in [4.69, 9.17) is 4.74 Å². The van der Waals surface area contributed by atoms with Crippen LogP contribution < -0.4 is 0 Å². The number of esters is 1. The molecule has 0 aromatic rings.